The van der Waals surface area contributed by atoms with Crippen LogP contribution in [0.1, 0.15) is 52.4 Å². The van der Waals surface area contributed by atoms with Crippen molar-refractivity contribution in [2.45, 2.75) is 58.2 Å². The fourth-order valence-corrected chi connectivity index (χ4v) is 4.31. The van der Waals surface area contributed by atoms with Crippen LogP contribution in [0.3, 0.4) is 0 Å². The largest absolute Gasteiger partial charge is 0.469 e. The van der Waals surface area contributed by atoms with Crippen molar-refractivity contribution in [2.24, 2.45) is 17.3 Å². The van der Waals surface area contributed by atoms with Gasteiger partial charge in [-0.15, -0.1) is 6.58 Å². The second-order valence-corrected chi connectivity index (χ2v) is 7.02. The van der Waals surface area contributed by atoms with Crippen LogP contribution >= 0.6 is 0 Å². The molecule has 0 amide bonds. The molecule has 0 aromatic carbocycles. The molecule has 2 atom stereocenters. The van der Waals surface area contributed by atoms with Gasteiger partial charge in [0, 0.05) is 11.8 Å². The van der Waals surface area contributed by atoms with Gasteiger partial charge < -0.3 is 14.2 Å². The fourth-order valence-electron chi connectivity index (χ4n) is 4.31. The van der Waals surface area contributed by atoms with Crippen molar-refractivity contribution in [3.8, 4) is 0 Å². The number of hydrogen-bond acceptors (Lipinski definition) is 4. The monoisotopic (exact) mass is 310 g/mol. The third-order valence-electron chi connectivity index (χ3n) is 5.60. The van der Waals surface area contributed by atoms with E-state index in [9.17, 15) is 4.79 Å². The van der Waals surface area contributed by atoms with Gasteiger partial charge in [-0.05, 0) is 38.0 Å². The lowest BCUT2D eigenvalue weighted by molar-refractivity contribution is -0.267. The molecule has 2 fully saturated rings. The Kier molecular flexibility index (Phi) is 5.67. The Balaban J connectivity index is 2.20. The van der Waals surface area contributed by atoms with Crippen LogP contribution in [-0.4, -0.2) is 32.1 Å². The minimum Gasteiger partial charge on any atom is -0.469 e. The summed E-state index contributed by atoms with van der Waals surface area (Å²) in [6, 6.07) is 0. The zero-order valence-electron chi connectivity index (χ0n) is 14.2. The van der Waals surface area contributed by atoms with E-state index in [-0.39, 0.29) is 23.2 Å². The highest BCUT2D eigenvalue weighted by Crippen LogP contribution is 2.55. The summed E-state index contributed by atoms with van der Waals surface area (Å²) >= 11 is 0. The number of esters is 1. The molecule has 1 spiro atoms. The Morgan fingerprint density at radius 2 is 2.09 bits per heavy atom. The quantitative estimate of drug-likeness (QED) is 0.426. The average Bonchev–Trinajstić information content (AvgIpc) is 2.97. The van der Waals surface area contributed by atoms with Crippen LogP contribution < -0.4 is 0 Å². The lowest BCUT2D eigenvalue weighted by Gasteiger charge is -2.52. The summed E-state index contributed by atoms with van der Waals surface area (Å²) < 4.78 is 17.1. The Morgan fingerprint density at radius 3 is 2.68 bits per heavy atom. The molecule has 2 rings (SSSR count). The number of rotatable bonds is 6. The van der Waals surface area contributed by atoms with Crippen LogP contribution in [0.5, 0.6) is 0 Å². The molecule has 0 bridgehead atoms. The summed E-state index contributed by atoms with van der Waals surface area (Å²) in [5.74, 6) is -0.501. The van der Waals surface area contributed by atoms with Crippen molar-refractivity contribution in [1.82, 2.24) is 0 Å². The summed E-state index contributed by atoms with van der Waals surface area (Å²) in [4.78, 5) is 12.4. The van der Waals surface area contributed by atoms with Crippen molar-refractivity contribution in [2.75, 3.05) is 20.3 Å². The first kappa shape index (κ1) is 17.5. The van der Waals surface area contributed by atoms with E-state index >= 15 is 0 Å². The number of ether oxygens (including phenoxy) is 3. The van der Waals surface area contributed by atoms with Gasteiger partial charge in [0.05, 0.1) is 26.2 Å². The molecule has 22 heavy (non-hydrogen) atoms. The topological polar surface area (TPSA) is 44.8 Å². The van der Waals surface area contributed by atoms with E-state index in [4.69, 9.17) is 14.2 Å². The van der Waals surface area contributed by atoms with Crippen LogP contribution in [0.15, 0.2) is 12.7 Å². The predicted octanol–water partition coefficient (Wildman–Crippen LogP) is 3.70. The second kappa shape index (κ2) is 7.14. The molecule has 4 nitrogen and oxygen atoms in total. The number of allylic oxidation sites excluding steroid dienone is 1. The predicted molar refractivity (Wildman–Crippen MR) is 85.3 cm³/mol. The van der Waals surface area contributed by atoms with Gasteiger partial charge in [-0.2, -0.15) is 0 Å². The Hall–Kier alpha value is -0.870. The maximum absolute atomic E-state index is 12.4. The zero-order chi connectivity index (χ0) is 16.2. The van der Waals surface area contributed by atoms with Crippen molar-refractivity contribution in [1.29, 1.82) is 0 Å². The summed E-state index contributed by atoms with van der Waals surface area (Å²) in [7, 11) is 1.48. The molecule has 0 radical (unpaired) electrons. The van der Waals surface area contributed by atoms with E-state index < -0.39 is 5.79 Å². The molecule has 0 aromatic rings. The highest BCUT2D eigenvalue weighted by atomic mass is 16.7. The van der Waals surface area contributed by atoms with Gasteiger partial charge in [-0.1, -0.05) is 19.9 Å². The third-order valence-corrected chi connectivity index (χ3v) is 5.60. The molecule has 1 saturated carbocycles. The van der Waals surface area contributed by atoms with E-state index in [1.165, 1.54) is 7.11 Å². The Labute approximate surface area is 134 Å². The molecule has 1 aliphatic carbocycles. The minimum atomic E-state index is -0.527. The maximum atomic E-state index is 12.4. The highest BCUT2D eigenvalue weighted by molar-refractivity contribution is 5.72. The van der Waals surface area contributed by atoms with E-state index in [1.54, 1.807) is 0 Å². The smallest absolute Gasteiger partial charge is 0.308 e. The van der Waals surface area contributed by atoms with Crippen LogP contribution in [0.4, 0.5) is 0 Å². The number of methoxy groups -OCH3 is 1. The summed E-state index contributed by atoms with van der Waals surface area (Å²) in [5, 5.41) is 0. The van der Waals surface area contributed by atoms with Crippen molar-refractivity contribution in [3.63, 3.8) is 0 Å². The fraction of sp³-hybridized carbons (Fsp3) is 0.833. The summed E-state index contributed by atoms with van der Waals surface area (Å²) in [6.07, 6.45) is 7.60. The lowest BCUT2D eigenvalue weighted by atomic mass is 9.59. The third kappa shape index (κ3) is 3.09. The van der Waals surface area contributed by atoms with E-state index in [2.05, 4.69) is 20.4 Å². The average molecular weight is 310 g/mol. The molecule has 0 aromatic heterocycles. The molecular formula is C18H30O4. The second-order valence-electron chi connectivity index (χ2n) is 7.02. The molecule has 1 saturated heterocycles. The van der Waals surface area contributed by atoms with E-state index in [0.29, 0.717) is 13.2 Å². The number of hydrogen-bond donors (Lipinski definition) is 0. The summed E-state index contributed by atoms with van der Waals surface area (Å²) in [6.45, 7) is 9.43. The van der Waals surface area contributed by atoms with E-state index in [1.807, 2.05) is 6.08 Å². The van der Waals surface area contributed by atoms with Gasteiger partial charge in [0.25, 0.3) is 0 Å². The van der Waals surface area contributed by atoms with Gasteiger partial charge in [0.1, 0.15) is 0 Å². The number of carbonyl (C=O) groups is 1. The van der Waals surface area contributed by atoms with Crippen LogP contribution in [0, 0.1) is 17.3 Å². The van der Waals surface area contributed by atoms with Crippen molar-refractivity contribution >= 4 is 5.97 Å². The normalized spacial score (nSPS) is 27.5. The molecule has 126 valence electrons. The van der Waals surface area contributed by atoms with Crippen LogP contribution in [-0.2, 0) is 19.0 Å². The summed E-state index contributed by atoms with van der Waals surface area (Å²) in [5.41, 5.74) is -0.200. The molecule has 0 N–H and O–H groups in total. The number of carbonyl (C=O) groups excluding carboxylic acids is 1. The van der Waals surface area contributed by atoms with Gasteiger partial charge in [-0.3, -0.25) is 4.79 Å². The molecular weight excluding hydrogens is 280 g/mol. The first-order valence-corrected chi connectivity index (χ1v) is 8.45. The SMILES string of the molecule is C=CCCCC(C(=O)OC)C1CCCC2(OCCO2)C1(C)C. The van der Waals surface area contributed by atoms with Crippen LogP contribution in [0.2, 0.25) is 0 Å². The van der Waals surface area contributed by atoms with Crippen molar-refractivity contribution in [3.05, 3.63) is 12.7 Å². The van der Waals surface area contributed by atoms with E-state index in [0.717, 1.165) is 38.5 Å². The number of unbranched alkanes of at least 4 members (excludes halogenated alkanes) is 1. The highest BCUT2D eigenvalue weighted by Gasteiger charge is 2.58. The Bertz CT molecular complexity index is 396. The molecule has 1 heterocycles. The standard InChI is InChI=1S/C18H30O4/c1-5-6-7-9-14(16(19)20-4)15-10-8-11-18(17(15,2)3)21-12-13-22-18/h5,14-15H,1,6-13H2,2-4H3. The molecule has 4 heteroatoms. The molecule has 1 aliphatic heterocycles. The minimum absolute atomic E-state index is 0.0927. The van der Waals surface area contributed by atoms with Gasteiger partial charge in [0.15, 0.2) is 5.79 Å². The van der Waals surface area contributed by atoms with Gasteiger partial charge >= 0.3 is 5.97 Å². The van der Waals surface area contributed by atoms with Crippen LogP contribution in [0.25, 0.3) is 0 Å². The van der Waals surface area contributed by atoms with Crippen molar-refractivity contribution < 1.29 is 19.0 Å². The zero-order valence-corrected chi connectivity index (χ0v) is 14.2. The first-order valence-electron chi connectivity index (χ1n) is 8.45. The first-order chi connectivity index (χ1) is 10.5. The maximum Gasteiger partial charge on any atom is 0.308 e. The van der Waals surface area contributed by atoms with Gasteiger partial charge in [0.2, 0.25) is 0 Å². The van der Waals surface area contributed by atoms with Gasteiger partial charge in [-0.25, -0.2) is 0 Å². The molecule has 2 unspecified atom stereocenters. The lowest BCUT2D eigenvalue weighted by Crippen LogP contribution is -2.55. The Morgan fingerprint density at radius 1 is 1.41 bits per heavy atom. The molecule has 2 aliphatic rings.